The number of rotatable bonds is 6. The zero-order valence-corrected chi connectivity index (χ0v) is 20.9. The fourth-order valence-corrected chi connectivity index (χ4v) is 6.68. The average Bonchev–Trinajstić information content (AvgIpc) is 3.47. The summed E-state index contributed by atoms with van der Waals surface area (Å²) in [5, 5.41) is 1.40. The number of likely N-dealkylation sites (tertiary alicyclic amines) is 1. The van der Waals surface area contributed by atoms with Crippen LogP contribution < -0.4 is 4.90 Å². The molecule has 1 atom stereocenters. The quantitative estimate of drug-likeness (QED) is 0.416. The molecule has 1 unspecified atom stereocenters. The number of alkyl halides is 3. The van der Waals surface area contributed by atoms with E-state index >= 15 is 0 Å². The van der Waals surface area contributed by atoms with Crippen LogP contribution in [-0.2, 0) is 24.2 Å². The first-order valence-electron chi connectivity index (χ1n) is 11.6. The van der Waals surface area contributed by atoms with E-state index < -0.39 is 12.6 Å². The first kappa shape index (κ1) is 24.5. The molecule has 10 heteroatoms. The lowest BCUT2D eigenvalue weighted by Gasteiger charge is -2.25. The van der Waals surface area contributed by atoms with Gasteiger partial charge in [0.1, 0.15) is 22.8 Å². The second-order valence-electron chi connectivity index (χ2n) is 9.86. The molecule has 2 aliphatic rings. The number of thiophene rings is 1. The number of benzene rings is 1. The van der Waals surface area contributed by atoms with Crippen LogP contribution in [0.25, 0.3) is 10.2 Å². The minimum Gasteiger partial charge on any atom is -0.355 e. The standard InChI is InChI=1S/C25H26ClF3N4OS/c1-16(34)8-17-2-3-18(21(26)9-17)12-32-6-4-24(13-32)5-7-33(14-24)22-20-10-19(11-25(27,28)29)35-23(20)31-15-30-22/h2-3,9-10,15H,4-8,11-14H2,1H3. The van der Waals surface area contributed by atoms with Gasteiger partial charge in [-0.05, 0) is 49.6 Å². The van der Waals surface area contributed by atoms with Gasteiger partial charge in [0.05, 0.1) is 11.8 Å². The summed E-state index contributed by atoms with van der Waals surface area (Å²) >= 11 is 7.60. The number of Topliss-reactive ketones (excluding diaryl/α,β-unsaturated/α-hetero) is 1. The van der Waals surface area contributed by atoms with Crippen LogP contribution in [0.15, 0.2) is 30.6 Å². The van der Waals surface area contributed by atoms with E-state index in [1.165, 1.54) is 6.33 Å². The average molecular weight is 523 g/mol. The second kappa shape index (κ2) is 9.33. The smallest absolute Gasteiger partial charge is 0.355 e. The van der Waals surface area contributed by atoms with Gasteiger partial charge in [-0.25, -0.2) is 9.97 Å². The lowest BCUT2D eigenvalue weighted by Crippen LogP contribution is -2.31. The Kier molecular flexibility index (Phi) is 6.52. The molecule has 0 aliphatic carbocycles. The minimum absolute atomic E-state index is 0.112. The molecule has 0 radical (unpaired) electrons. The fourth-order valence-electron chi connectivity index (χ4n) is 5.40. The third-order valence-corrected chi connectivity index (χ3v) is 8.35. The van der Waals surface area contributed by atoms with Crippen LogP contribution in [-0.4, -0.2) is 53.0 Å². The SMILES string of the molecule is CC(=O)Cc1ccc(CN2CCC3(CCN(c4ncnc5sc(CC(F)(F)F)cc45)C3)C2)c(Cl)c1. The van der Waals surface area contributed by atoms with Crippen molar-refractivity contribution < 1.29 is 18.0 Å². The number of fused-ring (bicyclic) bond motifs is 1. The van der Waals surface area contributed by atoms with Gasteiger partial charge >= 0.3 is 6.18 Å². The zero-order valence-electron chi connectivity index (χ0n) is 19.4. The molecule has 0 bridgehead atoms. The number of hydrogen-bond acceptors (Lipinski definition) is 6. The molecule has 0 saturated carbocycles. The zero-order chi connectivity index (χ0) is 24.8. The Morgan fingerprint density at radius 3 is 2.71 bits per heavy atom. The highest BCUT2D eigenvalue weighted by Crippen LogP contribution is 2.43. The molecule has 3 aromatic rings. The Morgan fingerprint density at radius 1 is 1.17 bits per heavy atom. The molecule has 2 fully saturated rings. The topological polar surface area (TPSA) is 49.3 Å². The third-order valence-electron chi connectivity index (χ3n) is 6.95. The van der Waals surface area contributed by atoms with Crippen LogP contribution in [0, 0.1) is 5.41 Å². The molecule has 0 amide bonds. The number of halogens is 4. The number of anilines is 1. The van der Waals surface area contributed by atoms with Crippen LogP contribution >= 0.6 is 22.9 Å². The summed E-state index contributed by atoms with van der Waals surface area (Å²) in [6.07, 6.45) is -1.27. The Labute approximate surface area is 210 Å². The van der Waals surface area contributed by atoms with Gasteiger partial charge in [-0.2, -0.15) is 13.2 Å². The lowest BCUT2D eigenvalue weighted by molar-refractivity contribution is -0.126. The molecule has 5 nitrogen and oxygen atoms in total. The van der Waals surface area contributed by atoms with Crippen molar-refractivity contribution in [2.75, 3.05) is 31.1 Å². The summed E-state index contributed by atoms with van der Waals surface area (Å²) in [6, 6.07) is 7.47. The van der Waals surface area contributed by atoms with E-state index in [9.17, 15) is 18.0 Å². The van der Waals surface area contributed by atoms with Gasteiger partial charge in [0, 0.05) is 47.9 Å². The van der Waals surface area contributed by atoms with Crippen molar-refractivity contribution in [3.63, 3.8) is 0 Å². The number of hydrogen-bond donors (Lipinski definition) is 0. The number of aromatic nitrogens is 2. The Balaban J connectivity index is 1.27. The van der Waals surface area contributed by atoms with Gasteiger partial charge in [0.15, 0.2) is 0 Å². The number of ketones is 1. The molecule has 2 aromatic heterocycles. The van der Waals surface area contributed by atoms with Crippen molar-refractivity contribution in [3.8, 4) is 0 Å². The van der Waals surface area contributed by atoms with Crippen molar-refractivity contribution in [1.29, 1.82) is 0 Å². The van der Waals surface area contributed by atoms with E-state index in [1.54, 1.807) is 13.0 Å². The Morgan fingerprint density at radius 2 is 1.97 bits per heavy atom. The van der Waals surface area contributed by atoms with Gasteiger partial charge in [0.2, 0.25) is 0 Å². The van der Waals surface area contributed by atoms with Crippen molar-refractivity contribution in [2.24, 2.45) is 5.41 Å². The molecule has 4 heterocycles. The van der Waals surface area contributed by atoms with E-state index in [0.29, 0.717) is 21.7 Å². The van der Waals surface area contributed by atoms with Crippen LogP contribution in [0.5, 0.6) is 0 Å². The number of carbonyl (C=O) groups is 1. The summed E-state index contributed by atoms with van der Waals surface area (Å²) in [7, 11) is 0. The van der Waals surface area contributed by atoms with E-state index in [4.69, 9.17) is 11.6 Å². The summed E-state index contributed by atoms with van der Waals surface area (Å²) in [5.41, 5.74) is 2.11. The first-order valence-corrected chi connectivity index (χ1v) is 12.8. The van der Waals surface area contributed by atoms with Crippen molar-refractivity contribution in [1.82, 2.24) is 14.9 Å². The molecular weight excluding hydrogens is 497 g/mol. The molecule has 35 heavy (non-hydrogen) atoms. The molecule has 186 valence electrons. The van der Waals surface area contributed by atoms with Crippen molar-refractivity contribution in [3.05, 3.63) is 51.6 Å². The molecule has 5 rings (SSSR count). The molecule has 2 saturated heterocycles. The van der Waals surface area contributed by atoms with E-state index in [2.05, 4.69) is 19.8 Å². The number of nitrogens with zero attached hydrogens (tertiary/aromatic N) is 4. The maximum absolute atomic E-state index is 12.9. The lowest BCUT2D eigenvalue weighted by atomic mass is 9.86. The number of carbonyl (C=O) groups excluding carboxylic acids is 1. The molecular formula is C25H26ClF3N4OS. The maximum Gasteiger partial charge on any atom is 0.393 e. The Bertz CT molecular complexity index is 1260. The largest absolute Gasteiger partial charge is 0.393 e. The van der Waals surface area contributed by atoms with E-state index in [-0.39, 0.29) is 16.1 Å². The van der Waals surface area contributed by atoms with Crippen molar-refractivity contribution in [2.45, 2.75) is 45.3 Å². The van der Waals surface area contributed by atoms with E-state index in [0.717, 1.165) is 73.8 Å². The second-order valence-corrected chi connectivity index (χ2v) is 11.4. The predicted octanol–water partition coefficient (Wildman–Crippen LogP) is 5.68. The highest BCUT2D eigenvalue weighted by atomic mass is 35.5. The van der Waals surface area contributed by atoms with Gasteiger partial charge in [-0.3, -0.25) is 9.69 Å². The van der Waals surface area contributed by atoms with Crippen molar-refractivity contribution >= 4 is 44.8 Å². The first-order chi connectivity index (χ1) is 16.6. The predicted molar refractivity (Wildman–Crippen MR) is 132 cm³/mol. The normalized spacial score (nSPS) is 21.0. The fraction of sp³-hybridized carbons (Fsp3) is 0.480. The molecule has 0 N–H and O–H groups in total. The summed E-state index contributed by atoms with van der Waals surface area (Å²) in [6.45, 7) is 5.88. The third kappa shape index (κ3) is 5.47. The highest BCUT2D eigenvalue weighted by molar-refractivity contribution is 7.18. The van der Waals surface area contributed by atoms with Gasteiger partial charge in [-0.1, -0.05) is 23.7 Å². The van der Waals surface area contributed by atoms with Crippen LogP contribution in [0.3, 0.4) is 0 Å². The molecule has 1 spiro atoms. The molecule has 2 aliphatic heterocycles. The summed E-state index contributed by atoms with van der Waals surface area (Å²) in [5.74, 6) is 0.847. The minimum atomic E-state index is -4.24. The molecule has 1 aromatic carbocycles. The van der Waals surface area contributed by atoms with Gasteiger partial charge in [-0.15, -0.1) is 11.3 Å². The monoisotopic (exact) mass is 522 g/mol. The Hall–Kier alpha value is -2.23. The highest BCUT2D eigenvalue weighted by Gasteiger charge is 2.44. The van der Waals surface area contributed by atoms with Crippen LogP contribution in [0.1, 0.15) is 35.8 Å². The van der Waals surface area contributed by atoms with Gasteiger partial charge < -0.3 is 4.90 Å². The van der Waals surface area contributed by atoms with Crippen LogP contribution in [0.2, 0.25) is 5.02 Å². The van der Waals surface area contributed by atoms with E-state index in [1.807, 2.05) is 18.2 Å². The summed E-state index contributed by atoms with van der Waals surface area (Å²) < 4.78 is 38.7. The maximum atomic E-state index is 12.9. The van der Waals surface area contributed by atoms with Crippen LogP contribution in [0.4, 0.5) is 19.0 Å². The summed E-state index contributed by atoms with van der Waals surface area (Å²) in [4.78, 5) is 25.6. The van der Waals surface area contributed by atoms with Gasteiger partial charge in [0.25, 0.3) is 0 Å².